The van der Waals surface area contributed by atoms with Crippen LogP contribution in [0.3, 0.4) is 0 Å². The summed E-state index contributed by atoms with van der Waals surface area (Å²) in [6.07, 6.45) is 4.68. The Labute approximate surface area is 219 Å². The molecule has 0 aliphatic carbocycles. The first-order valence-corrected chi connectivity index (χ1v) is 11.9. The van der Waals surface area contributed by atoms with Gasteiger partial charge in [-0.05, 0) is 36.2 Å². The molecule has 0 saturated heterocycles. The first-order chi connectivity index (χ1) is 18.5. The van der Waals surface area contributed by atoms with Crippen LogP contribution in [0.4, 0.5) is 16.0 Å². The van der Waals surface area contributed by atoms with E-state index in [0.717, 1.165) is 16.7 Å². The Balaban J connectivity index is 1.43. The summed E-state index contributed by atoms with van der Waals surface area (Å²) in [5, 5.41) is 27.2. The zero-order chi connectivity index (χ0) is 26.9. The van der Waals surface area contributed by atoms with Gasteiger partial charge in [0.1, 0.15) is 23.5 Å². The molecule has 0 bridgehead atoms. The first-order valence-electron chi connectivity index (χ1n) is 11.9. The average molecular weight is 512 g/mol. The van der Waals surface area contributed by atoms with Crippen molar-refractivity contribution in [2.45, 2.75) is 19.5 Å². The second-order valence-electron chi connectivity index (χ2n) is 8.47. The number of rotatable bonds is 10. The first kappa shape index (κ1) is 26.2. The SMILES string of the molecule is CC(NC(=O)c1cc(C#N)cnc1NCc1ccc(-c2cnc(NCCO)cn2)cc1)c1ccc(F)cc1. The van der Waals surface area contributed by atoms with Gasteiger partial charge in [-0.2, -0.15) is 5.26 Å². The van der Waals surface area contributed by atoms with Crippen molar-refractivity contribution in [2.75, 3.05) is 23.8 Å². The predicted molar refractivity (Wildman–Crippen MR) is 142 cm³/mol. The Kier molecular flexibility index (Phi) is 8.53. The molecule has 1 atom stereocenters. The number of nitriles is 1. The van der Waals surface area contributed by atoms with Crippen molar-refractivity contribution in [2.24, 2.45) is 0 Å². The number of aromatic nitrogens is 3. The van der Waals surface area contributed by atoms with Gasteiger partial charge in [-0.1, -0.05) is 36.4 Å². The third-order valence-electron chi connectivity index (χ3n) is 5.76. The summed E-state index contributed by atoms with van der Waals surface area (Å²) in [7, 11) is 0. The third kappa shape index (κ3) is 6.66. The van der Waals surface area contributed by atoms with Crippen LogP contribution in [0.5, 0.6) is 0 Å². The number of aliphatic hydroxyl groups is 1. The number of benzene rings is 2. The molecular formula is C28H26FN7O2. The lowest BCUT2D eigenvalue weighted by atomic mass is 10.1. The van der Waals surface area contributed by atoms with E-state index < -0.39 is 5.91 Å². The molecule has 4 N–H and O–H groups in total. The van der Waals surface area contributed by atoms with Crippen LogP contribution in [0.1, 0.15) is 40.0 Å². The summed E-state index contributed by atoms with van der Waals surface area (Å²) >= 11 is 0. The molecule has 1 amide bonds. The molecule has 0 spiro atoms. The molecule has 1 unspecified atom stereocenters. The Bertz CT molecular complexity index is 1420. The topological polar surface area (TPSA) is 136 Å². The molecule has 0 aliphatic rings. The lowest BCUT2D eigenvalue weighted by molar-refractivity contribution is 0.0940. The molecule has 38 heavy (non-hydrogen) atoms. The fourth-order valence-electron chi connectivity index (χ4n) is 3.68. The number of hydrogen-bond donors (Lipinski definition) is 4. The fraction of sp³-hybridized carbons (Fsp3) is 0.179. The van der Waals surface area contributed by atoms with E-state index in [-0.39, 0.29) is 29.6 Å². The summed E-state index contributed by atoms with van der Waals surface area (Å²) in [6, 6.07) is 16.7. The fourth-order valence-corrected chi connectivity index (χ4v) is 3.68. The van der Waals surface area contributed by atoms with Gasteiger partial charge < -0.3 is 21.1 Å². The lowest BCUT2D eigenvalue weighted by Crippen LogP contribution is -2.28. The van der Waals surface area contributed by atoms with E-state index in [4.69, 9.17) is 5.11 Å². The Hall–Kier alpha value is -4.88. The van der Waals surface area contributed by atoms with Crippen LogP contribution in [0.25, 0.3) is 11.3 Å². The van der Waals surface area contributed by atoms with Crippen LogP contribution in [-0.4, -0.2) is 39.1 Å². The van der Waals surface area contributed by atoms with Gasteiger partial charge in [0.15, 0.2) is 0 Å². The second-order valence-corrected chi connectivity index (χ2v) is 8.47. The van der Waals surface area contributed by atoms with E-state index in [0.29, 0.717) is 30.4 Å². The standard InChI is InChI=1S/C28H26FN7O2/c1-18(21-6-8-23(29)9-7-21)36-28(38)24-12-20(13-30)15-35-27(24)34-14-19-2-4-22(5-3-19)25-16-33-26(17-32-25)31-10-11-37/h2-9,12,15-18,37H,10-11,14H2,1H3,(H,31,33)(H,34,35)(H,36,38). The molecule has 4 rings (SSSR count). The highest BCUT2D eigenvalue weighted by atomic mass is 19.1. The zero-order valence-corrected chi connectivity index (χ0v) is 20.6. The van der Waals surface area contributed by atoms with Crippen LogP contribution < -0.4 is 16.0 Å². The van der Waals surface area contributed by atoms with Crippen molar-refractivity contribution in [3.8, 4) is 17.3 Å². The second kappa shape index (κ2) is 12.4. The van der Waals surface area contributed by atoms with Gasteiger partial charge in [-0.25, -0.2) is 14.4 Å². The Morgan fingerprint density at radius 2 is 1.79 bits per heavy atom. The molecule has 0 aliphatic heterocycles. The van der Waals surface area contributed by atoms with Crippen LogP contribution >= 0.6 is 0 Å². The van der Waals surface area contributed by atoms with Crippen LogP contribution in [0.15, 0.2) is 73.2 Å². The molecule has 2 aromatic heterocycles. The number of hydrogen-bond acceptors (Lipinski definition) is 8. The van der Waals surface area contributed by atoms with Gasteiger partial charge in [-0.15, -0.1) is 0 Å². The summed E-state index contributed by atoms with van der Waals surface area (Å²) in [6.45, 7) is 2.60. The normalized spacial score (nSPS) is 11.3. The Morgan fingerprint density at radius 3 is 2.45 bits per heavy atom. The minimum absolute atomic E-state index is 0.0121. The summed E-state index contributed by atoms with van der Waals surface area (Å²) in [5.74, 6) is 0.175. The molecule has 4 aromatic rings. The average Bonchev–Trinajstić information content (AvgIpc) is 2.95. The van der Waals surface area contributed by atoms with Gasteiger partial charge in [0, 0.05) is 24.8 Å². The quantitative estimate of drug-likeness (QED) is 0.250. The van der Waals surface area contributed by atoms with Gasteiger partial charge in [0.05, 0.1) is 41.9 Å². The molecule has 192 valence electrons. The largest absolute Gasteiger partial charge is 0.395 e. The van der Waals surface area contributed by atoms with Crippen LogP contribution in [-0.2, 0) is 6.54 Å². The smallest absolute Gasteiger partial charge is 0.255 e. The number of nitrogens with one attached hydrogen (secondary N) is 3. The molecular weight excluding hydrogens is 485 g/mol. The third-order valence-corrected chi connectivity index (χ3v) is 5.76. The van der Waals surface area contributed by atoms with Crippen molar-refractivity contribution < 1.29 is 14.3 Å². The van der Waals surface area contributed by atoms with Crippen molar-refractivity contribution in [3.05, 3.63) is 101 Å². The molecule has 2 heterocycles. The Morgan fingerprint density at radius 1 is 1.03 bits per heavy atom. The number of anilines is 2. The van der Waals surface area contributed by atoms with Crippen molar-refractivity contribution in [1.29, 1.82) is 5.26 Å². The van der Waals surface area contributed by atoms with Crippen molar-refractivity contribution >= 4 is 17.5 Å². The van der Waals surface area contributed by atoms with Gasteiger partial charge in [-0.3, -0.25) is 9.78 Å². The lowest BCUT2D eigenvalue weighted by Gasteiger charge is -2.16. The van der Waals surface area contributed by atoms with E-state index in [1.807, 2.05) is 30.3 Å². The maximum absolute atomic E-state index is 13.2. The van der Waals surface area contributed by atoms with E-state index in [9.17, 15) is 14.4 Å². The van der Waals surface area contributed by atoms with E-state index in [1.165, 1.54) is 24.4 Å². The number of carbonyl (C=O) groups excluding carboxylic acids is 1. The molecule has 2 aromatic carbocycles. The monoisotopic (exact) mass is 511 g/mol. The molecule has 0 fully saturated rings. The predicted octanol–water partition coefficient (Wildman–Crippen LogP) is 4.06. The number of nitrogens with zero attached hydrogens (tertiary/aromatic N) is 4. The maximum atomic E-state index is 13.2. The van der Waals surface area contributed by atoms with E-state index >= 15 is 0 Å². The van der Waals surface area contributed by atoms with Crippen LogP contribution in [0.2, 0.25) is 0 Å². The van der Waals surface area contributed by atoms with E-state index in [1.54, 1.807) is 31.5 Å². The summed E-state index contributed by atoms with van der Waals surface area (Å²) in [4.78, 5) is 26.1. The molecule has 0 radical (unpaired) electrons. The van der Waals surface area contributed by atoms with Crippen molar-refractivity contribution in [3.63, 3.8) is 0 Å². The molecule has 0 saturated carbocycles. The van der Waals surface area contributed by atoms with Crippen LogP contribution in [0, 0.1) is 17.1 Å². The highest BCUT2D eigenvalue weighted by Crippen LogP contribution is 2.21. The number of aliphatic hydroxyl groups excluding tert-OH is 1. The molecule has 10 heteroatoms. The van der Waals surface area contributed by atoms with Crippen molar-refractivity contribution in [1.82, 2.24) is 20.3 Å². The van der Waals surface area contributed by atoms with E-state index in [2.05, 4.69) is 30.9 Å². The maximum Gasteiger partial charge on any atom is 0.255 e. The number of carbonyl (C=O) groups is 1. The summed E-state index contributed by atoms with van der Waals surface area (Å²) < 4.78 is 13.2. The summed E-state index contributed by atoms with van der Waals surface area (Å²) in [5.41, 5.74) is 3.79. The zero-order valence-electron chi connectivity index (χ0n) is 20.6. The number of amides is 1. The van der Waals surface area contributed by atoms with Gasteiger partial charge in [0.25, 0.3) is 5.91 Å². The highest BCUT2D eigenvalue weighted by molar-refractivity contribution is 5.99. The number of halogens is 1. The number of pyridine rings is 1. The highest BCUT2D eigenvalue weighted by Gasteiger charge is 2.17. The minimum Gasteiger partial charge on any atom is -0.395 e. The minimum atomic E-state index is -0.403. The van der Waals surface area contributed by atoms with Gasteiger partial charge >= 0.3 is 0 Å². The molecule has 9 nitrogen and oxygen atoms in total. The van der Waals surface area contributed by atoms with Gasteiger partial charge in [0.2, 0.25) is 0 Å².